The number of guanidine groups is 1. The second-order valence-electron chi connectivity index (χ2n) is 5.43. The van der Waals surface area contributed by atoms with Crippen LogP contribution in [0.4, 0.5) is 13.2 Å². The lowest BCUT2D eigenvalue weighted by Crippen LogP contribution is -2.36. The summed E-state index contributed by atoms with van der Waals surface area (Å²) in [5, 5.41) is 6.99. The Balaban J connectivity index is 2.15. The van der Waals surface area contributed by atoms with Crippen molar-refractivity contribution in [2.75, 3.05) is 13.7 Å². The maximum atomic E-state index is 13.3. The van der Waals surface area contributed by atoms with Crippen molar-refractivity contribution in [3.05, 3.63) is 45.4 Å². The van der Waals surface area contributed by atoms with E-state index in [0.29, 0.717) is 19.0 Å². The van der Waals surface area contributed by atoms with Crippen LogP contribution in [0.15, 0.2) is 29.4 Å². The molecule has 142 valence electrons. The molecule has 0 radical (unpaired) electrons. The Bertz CT molecular complexity index is 759. The molecule has 0 aliphatic heterocycles. The van der Waals surface area contributed by atoms with E-state index in [1.54, 1.807) is 17.5 Å². The van der Waals surface area contributed by atoms with Gasteiger partial charge in [0.2, 0.25) is 0 Å². The summed E-state index contributed by atoms with van der Waals surface area (Å²) in [5.41, 5.74) is -0.660. The second kappa shape index (κ2) is 8.88. The van der Waals surface area contributed by atoms with Crippen molar-refractivity contribution in [2.24, 2.45) is 4.99 Å². The van der Waals surface area contributed by atoms with Crippen molar-refractivity contribution in [3.63, 3.8) is 0 Å². The van der Waals surface area contributed by atoms with Gasteiger partial charge in [0, 0.05) is 17.6 Å². The molecule has 2 rings (SSSR count). The van der Waals surface area contributed by atoms with Crippen molar-refractivity contribution >= 4 is 17.3 Å². The number of nitrogens with one attached hydrogen (secondary N) is 2. The minimum absolute atomic E-state index is 0.0839. The summed E-state index contributed by atoms with van der Waals surface area (Å²) in [4.78, 5) is 9.60. The molecule has 0 aliphatic rings. The molecule has 2 N–H and O–H groups in total. The van der Waals surface area contributed by atoms with Crippen LogP contribution in [0, 0.1) is 6.92 Å². The summed E-state index contributed by atoms with van der Waals surface area (Å²) in [6.45, 7) is 4.80. The van der Waals surface area contributed by atoms with Crippen LogP contribution >= 0.6 is 11.3 Å². The second-order valence-corrected chi connectivity index (χ2v) is 6.75. The first-order chi connectivity index (χ1) is 12.3. The van der Waals surface area contributed by atoms with Gasteiger partial charge in [0.1, 0.15) is 10.8 Å². The van der Waals surface area contributed by atoms with Gasteiger partial charge >= 0.3 is 6.18 Å². The Morgan fingerprint density at radius 1 is 1.31 bits per heavy atom. The van der Waals surface area contributed by atoms with Crippen LogP contribution in [0.25, 0.3) is 0 Å². The molecule has 2 aromatic rings. The molecule has 0 fully saturated rings. The highest BCUT2D eigenvalue weighted by Crippen LogP contribution is 2.34. The molecule has 5 nitrogen and oxygen atoms in total. The van der Waals surface area contributed by atoms with Crippen LogP contribution < -0.4 is 15.4 Å². The largest absolute Gasteiger partial charge is 0.497 e. The molecule has 0 amide bonds. The molecule has 0 spiro atoms. The SMILES string of the molecule is CCNC(=NCc1ccc(OC)cc1C(F)(F)F)NCc1ncc(C)s1. The molecule has 0 unspecified atom stereocenters. The fraction of sp³-hybridized carbons (Fsp3) is 0.412. The van der Waals surface area contributed by atoms with Crippen molar-refractivity contribution in [3.8, 4) is 5.75 Å². The summed E-state index contributed by atoms with van der Waals surface area (Å²) in [6, 6.07) is 3.88. The lowest BCUT2D eigenvalue weighted by atomic mass is 10.1. The number of hydrogen-bond acceptors (Lipinski definition) is 4. The van der Waals surface area contributed by atoms with E-state index in [9.17, 15) is 13.2 Å². The van der Waals surface area contributed by atoms with Gasteiger partial charge in [-0.05, 0) is 31.5 Å². The predicted octanol–water partition coefficient (Wildman–Crippen LogP) is 3.73. The first-order valence-corrected chi connectivity index (χ1v) is 8.82. The lowest BCUT2D eigenvalue weighted by molar-refractivity contribution is -0.138. The number of aromatic nitrogens is 1. The minimum Gasteiger partial charge on any atom is -0.497 e. The Kier molecular flexibility index (Phi) is 6.84. The first kappa shape index (κ1) is 20.0. The summed E-state index contributed by atoms with van der Waals surface area (Å²) in [7, 11) is 1.33. The zero-order chi connectivity index (χ0) is 19.2. The highest BCUT2D eigenvalue weighted by atomic mass is 32.1. The average Bonchev–Trinajstić information content (AvgIpc) is 3.01. The number of nitrogens with zero attached hydrogens (tertiary/aromatic N) is 2. The minimum atomic E-state index is -4.47. The van der Waals surface area contributed by atoms with Crippen LogP contribution in [0.3, 0.4) is 0 Å². The first-order valence-electron chi connectivity index (χ1n) is 8.01. The average molecular weight is 386 g/mol. The van der Waals surface area contributed by atoms with Crippen LogP contribution in [0.1, 0.15) is 27.9 Å². The maximum absolute atomic E-state index is 13.3. The van der Waals surface area contributed by atoms with Gasteiger partial charge in [0.05, 0.1) is 25.8 Å². The van der Waals surface area contributed by atoms with E-state index in [1.807, 2.05) is 13.8 Å². The smallest absolute Gasteiger partial charge is 0.416 e. The third-order valence-electron chi connectivity index (χ3n) is 3.45. The van der Waals surface area contributed by atoms with E-state index in [0.717, 1.165) is 16.0 Å². The molecule has 1 heterocycles. The van der Waals surface area contributed by atoms with Gasteiger partial charge in [-0.2, -0.15) is 13.2 Å². The third-order valence-corrected chi connectivity index (χ3v) is 4.36. The van der Waals surface area contributed by atoms with Crippen LogP contribution in [0.5, 0.6) is 5.75 Å². The summed E-state index contributed by atoms with van der Waals surface area (Å²) >= 11 is 1.55. The van der Waals surface area contributed by atoms with Gasteiger partial charge in [0.25, 0.3) is 0 Å². The Morgan fingerprint density at radius 3 is 2.65 bits per heavy atom. The summed E-state index contributed by atoms with van der Waals surface area (Å²) < 4.78 is 44.7. The number of rotatable bonds is 6. The number of ether oxygens (including phenoxy) is 1. The Morgan fingerprint density at radius 2 is 2.08 bits per heavy atom. The molecule has 0 atom stereocenters. The zero-order valence-electron chi connectivity index (χ0n) is 14.8. The van der Waals surface area contributed by atoms with Crippen molar-refractivity contribution in [1.82, 2.24) is 15.6 Å². The fourth-order valence-corrected chi connectivity index (χ4v) is 2.96. The van der Waals surface area contributed by atoms with E-state index in [2.05, 4.69) is 20.6 Å². The van der Waals surface area contributed by atoms with Crippen LogP contribution in [-0.4, -0.2) is 24.6 Å². The molecule has 0 saturated heterocycles. The Hall–Kier alpha value is -2.29. The molecule has 0 saturated carbocycles. The molecular formula is C17H21F3N4OS. The van der Waals surface area contributed by atoms with Crippen molar-refractivity contribution < 1.29 is 17.9 Å². The van der Waals surface area contributed by atoms with Gasteiger partial charge in [-0.1, -0.05) is 6.07 Å². The summed E-state index contributed by atoms with van der Waals surface area (Å²) in [6.07, 6.45) is -2.69. The highest BCUT2D eigenvalue weighted by molar-refractivity contribution is 7.11. The normalized spacial score (nSPS) is 12.2. The third kappa shape index (κ3) is 5.62. The number of methoxy groups -OCH3 is 1. The molecule has 9 heteroatoms. The van der Waals surface area contributed by atoms with E-state index >= 15 is 0 Å². The number of halogens is 3. The topological polar surface area (TPSA) is 58.5 Å². The molecule has 1 aromatic carbocycles. The highest BCUT2D eigenvalue weighted by Gasteiger charge is 2.33. The van der Waals surface area contributed by atoms with Crippen molar-refractivity contribution in [1.29, 1.82) is 0 Å². The molecule has 26 heavy (non-hydrogen) atoms. The number of aliphatic imine (C=N–C) groups is 1. The van der Waals surface area contributed by atoms with E-state index in [-0.39, 0.29) is 17.9 Å². The molecule has 1 aromatic heterocycles. The van der Waals surface area contributed by atoms with Crippen molar-refractivity contribution in [2.45, 2.75) is 33.1 Å². The van der Waals surface area contributed by atoms with E-state index < -0.39 is 11.7 Å². The van der Waals surface area contributed by atoms with Gasteiger partial charge in [0.15, 0.2) is 5.96 Å². The molecular weight excluding hydrogens is 365 g/mol. The van der Waals surface area contributed by atoms with E-state index in [1.165, 1.54) is 19.2 Å². The van der Waals surface area contributed by atoms with E-state index in [4.69, 9.17) is 4.74 Å². The number of aryl methyl sites for hydroxylation is 1. The monoisotopic (exact) mass is 386 g/mol. The maximum Gasteiger partial charge on any atom is 0.416 e. The number of benzene rings is 1. The number of alkyl halides is 3. The van der Waals surface area contributed by atoms with Gasteiger partial charge < -0.3 is 15.4 Å². The predicted molar refractivity (Wildman–Crippen MR) is 96.5 cm³/mol. The standard InChI is InChI=1S/C17H21F3N4OS/c1-4-21-16(24-10-15-22-8-11(2)26-15)23-9-12-5-6-13(25-3)7-14(12)17(18,19)20/h5-8H,4,9-10H2,1-3H3,(H2,21,23,24). The van der Waals surface area contributed by atoms with Crippen LogP contribution in [0.2, 0.25) is 0 Å². The fourth-order valence-electron chi connectivity index (χ4n) is 2.23. The lowest BCUT2D eigenvalue weighted by Gasteiger charge is -2.14. The zero-order valence-corrected chi connectivity index (χ0v) is 15.6. The van der Waals surface area contributed by atoms with Gasteiger partial charge in [-0.25, -0.2) is 9.98 Å². The number of hydrogen-bond donors (Lipinski definition) is 2. The quantitative estimate of drug-likeness (QED) is 0.587. The summed E-state index contributed by atoms with van der Waals surface area (Å²) in [5.74, 6) is 0.596. The number of thiazole rings is 1. The van der Waals surface area contributed by atoms with Crippen LogP contribution in [-0.2, 0) is 19.3 Å². The van der Waals surface area contributed by atoms with Gasteiger partial charge in [-0.15, -0.1) is 11.3 Å². The Labute approximate surface area is 154 Å². The molecule has 0 bridgehead atoms. The molecule has 0 aliphatic carbocycles. The van der Waals surface area contributed by atoms with Gasteiger partial charge in [-0.3, -0.25) is 0 Å².